The van der Waals surface area contributed by atoms with Crippen LogP contribution in [0.4, 0.5) is 4.39 Å². The molecule has 1 aromatic carbocycles. The lowest BCUT2D eigenvalue weighted by atomic mass is 9.80. The van der Waals surface area contributed by atoms with E-state index in [0.29, 0.717) is 37.0 Å². The summed E-state index contributed by atoms with van der Waals surface area (Å²) in [5, 5.41) is 4.01. The van der Waals surface area contributed by atoms with E-state index in [1.807, 2.05) is 6.92 Å². The average Bonchev–Trinajstić information content (AvgIpc) is 3.00. The quantitative estimate of drug-likeness (QED) is 0.938. The molecule has 0 bridgehead atoms. The average molecular weight is 291 g/mol. The monoisotopic (exact) mass is 291 g/mol. The molecule has 0 aliphatic carbocycles. The Morgan fingerprint density at radius 1 is 1.33 bits per heavy atom. The molecule has 3 rings (SSSR count). The van der Waals surface area contributed by atoms with Crippen molar-refractivity contribution >= 4 is 0 Å². The summed E-state index contributed by atoms with van der Waals surface area (Å²) < 4.78 is 24.2. The number of aromatic nitrogens is 2. The van der Waals surface area contributed by atoms with E-state index in [2.05, 4.69) is 10.1 Å². The fourth-order valence-corrected chi connectivity index (χ4v) is 2.65. The lowest BCUT2D eigenvalue weighted by Gasteiger charge is -2.32. The number of nitrogens with zero attached hydrogens (tertiary/aromatic N) is 2. The third kappa shape index (κ3) is 2.56. The van der Waals surface area contributed by atoms with E-state index in [1.54, 1.807) is 6.07 Å². The van der Waals surface area contributed by atoms with E-state index in [0.717, 1.165) is 18.4 Å². The van der Waals surface area contributed by atoms with Crippen molar-refractivity contribution in [3.8, 4) is 11.4 Å². The van der Waals surface area contributed by atoms with Crippen LogP contribution in [0.1, 0.15) is 24.3 Å². The van der Waals surface area contributed by atoms with Crippen molar-refractivity contribution in [1.29, 1.82) is 0 Å². The lowest BCUT2D eigenvalue weighted by molar-refractivity contribution is 0.0409. The summed E-state index contributed by atoms with van der Waals surface area (Å²) in [5.41, 5.74) is 7.14. The number of hydrogen-bond donors (Lipinski definition) is 1. The van der Waals surface area contributed by atoms with Crippen LogP contribution in [0.5, 0.6) is 0 Å². The van der Waals surface area contributed by atoms with Crippen LogP contribution >= 0.6 is 0 Å². The number of benzene rings is 1. The first kappa shape index (κ1) is 14.2. The van der Waals surface area contributed by atoms with Gasteiger partial charge >= 0.3 is 0 Å². The molecule has 5 nitrogen and oxygen atoms in total. The van der Waals surface area contributed by atoms with Crippen LogP contribution in [0.25, 0.3) is 11.4 Å². The van der Waals surface area contributed by atoms with Crippen molar-refractivity contribution in [1.82, 2.24) is 10.1 Å². The van der Waals surface area contributed by atoms with Gasteiger partial charge in [0.15, 0.2) is 0 Å². The topological polar surface area (TPSA) is 74.2 Å². The minimum atomic E-state index is -0.329. The second kappa shape index (κ2) is 5.54. The van der Waals surface area contributed by atoms with Gasteiger partial charge in [-0.3, -0.25) is 0 Å². The summed E-state index contributed by atoms with van der Waals surface area (Å²) in [4.78, 5) is 4.47. The standard InChI is InChI=1S/C15H18FN3O2/c1-10-2-3-11(16)8-12(10)13-18-14(21-19-13)15(9-17)4-6-20-7-5-15/h2-3,8H,4-7,9,17H2,1H3. The van der Waals surface area contributed by atoms with Crippen molar-refractivity contribution < 1.29 is 13.7 Å². The Bertz CT molecular complexity index is 636. The van der Waals surface area contributed by atoms with E-state index in [1.165, 1.54) is 12.1 Å². The van der Waals surface area contributed by atoms with E-state index >= 15 is 0 Å². The van der Waals surface area contributed by atoms with Crippen LogP contribution in [0.2, 0.25) is 0 Å². The van der Waals surface area contributed by atoms with Gasteiger partial charge in [0.2, 0.25) is 11.7 Å². The third-order valence-electron chi connectivity index (χ3n) is 4.16. The number of aryl methyl sites for hydroxylation is 1. The second-order valence-corrected chi connectivity index (χ2v) is 5.48. The smallest absolute Gasteiger partial charge is 0.234 e. The second-order valence-electron chi connectivity index (χ2n) is 5.48. The summed E-state index contributed by atoms with van der Waals surface area (Å²) >= 11 is 0. The van der Waals surface area contributed by atoms with E-state index < -0.39 is 0 Å². The van der Waals surface area contributed by atoms with Gasteiger partial charge < -0.3 is 15.0 Å². The van der Waals surface area contributed by atoms with E-state index in [-0.39, 0.29) is 11.2 Å². The van der Waals surface area contributed by atoms with Crippen LogP contribution in [-0.4, -0.2) is 29.9 Å². The first-order valence-corrected chi connectivity index (χ1v) is 7.03. The van der Waals surface area contributed by atoms with Gasteiger partial charge in [-0.25, -0.2) is 4.39 Å². The third-order valence-corrected chi connectivity index (χ3v) is 4.16. The van der Waals surface area contributed by atoms with Gasteiger partial charge in [-0.15, -0.1) is 0 Å². The molecule has 112 valence electrons. The van der Waals surface area contributed by atoms with Crippen LogP contribution in [-0.2, 0) is 10.2 Å². The normalized spacial score (nSPS) is 17.9. The highest BCUT2D eigenvalue weighted by molar-refractivity contribution is 5.59. The summed E-state index contributed by atoms with van der Waals surface area (Å²) in [6.07, 6.45) is 1.51. The molecule has 2 heterocycles. The summed E-state index contributed by atoms with van der Waals surface area (Å²) in [5.74, 6) is 0.606. The highest BCUT2D eigenvalue weighted by atomic mass is 19.1. The largest absolute Gasteiger partial charge is 0.381 e. The Labute approximate surface area is 122 Å². The van der Waals surface area contributed by atoms with Crippen molar-refractivity contribution in [3.63, 3.8) is 0 Å². The van der Waals surface area contributed by atoms with Gasteiger partial charge in [0, 0.05) is 25.3 Å². The first-order valence-electron chi connectivity index (χ1n) is 7.03. The zero-order chi connectivity index (χ0) is 14.9. The van der Waals surface area contributed by atoms with Gasteiger partial charge in [-0.05, 0) is 37.5 Å². The van der Waals surface area contributed by atoms with Gasteiger partial charge in [0.25, 0.3) is 0 Å². The molecule has 0 spiro atoms. The number of ether oxygens (including phenoxy) is 1. The Balaban J connectivity index is 1.97. The number of halogens is 1. The summed E-state index contributed by atoms with van der Waals surface area (Å²) in [6.45, 7) is 3.58. The Kier molecular flexibility index (Phi) is 3.73. The lowest BCUT2D eigenvalue weighted by Crippen LogP contribution is -2.40. The molecular weight excluding hydrogens is 273 g/mol. The molecule has 6 heteroatoms. The van der Waals surface area contributed by atoms with Gasteiger partial charge in [0.1, 0.15) is 5.82 Å². The molecule has 21 heavy (non-hydrogen) atoms. The number of hydrogen-bond acceptors (Lipinski definition) is 5. The summed E-state index contributed by atoms with van der Waals surface area (Å²) in [6, 6.07) is 4.54. The molecule has 0 radical (unpaired) electrons. The molecule has 1 aliphatic rings. The molecule has 0 atom stereocenters. The molecular formula is C15H18FN3O2. The highest BCUT2D eigenvalue weighted by Crippen LogP contribution is 2.34. The van der Waals surface area contributed by atoms with Crippen molar-refractivity contribution in [2.45, 2.75) is 25.2 Å². The van der Waals surface area contributed by atoms with Crippen LogP contribution in [0.3, 0.4) is 0 Å². The molecule has 1 fully saturated rings. The van der Waals surface area contributed by atoms with Crippen molar-refractivity contribution in [3.05, 3.63) is 35.5 Å². The van der Waals surface area contributed by atoms with Crippen LogP contribution in [0.15, 0.2) is 22.7 Å². The molecule has 1 saturated heterocycles. The maximum Gasteiger partial charge on any atom is 0.234 e. The summed E-state index contributed by atoms with van der Waals surface area (Å²) in [7, 11) is 0. The fourth-order valence-electron chi connectivity index (χ4n) is 2.65. The van der Waals surface area contributed by atoms with Crippen molar-refractivity contribution in [2.75, 3.05) is 19.8 Å². The van der Waals surface area contributed by atoms with Crippen molar-refractivity contribution in [2.24, 2.45) is 5.73 Å². The molecule has 1 aliphatic heterocycles. The zero-order valence-corrected chi connectivity index (χ0v) is 11.9. The molecule has 0 saturated carbocycles. The van der Waals surface area contributed by atoms with E-state index in [9.17, 15) is 4.39 Å². The van der Waals surface area contributed by atoms with Gasteiger partial charge in [-0.2, -0.15) is 4.98 Å². The molecule has 2 N–H and O–H groups in total. The Hall–Kier alpha value is -1.79. The predicted molar refractivity (Wildman–Crippen MR) is 75.2 cm³/mol. The highest BCUT2D eigenvalue weighted by Gasteiger charge is 2.38. The molecule has 1 aromatic heterocycles. The minimum Gasteiger partial charge on any atom is -0.381 e. The maximum absolute atomic E-state index is 13.4. The minimum absolute atomic E-state index is 0.318. The molecule has 2 aromatic rings. The number of nitrogens with two attached hydrogens (primary N) is 1. The Morgan fingerprint density at radius 3 is 2.81 bits per heavy atom. The van der Waals surface area contributed by atoms with Gasteiger partial charge in [-0.1, -0.05) is 11.2 Å². The van der Waals surface area contributed by atoms with Crippen LogP contribution in [0, 0.1) is 12.7 Å². The zero-order valence-electron chi connectivity index (χ0n) is 11.9. The first-order chi connectivity index (χ1) is 10.1. The predicted octanol–water partition coefficient (Wildman–Crippen LogP) is 2.19. The molecule has 0 amide bonds. The van der Waals surface area contributed by atoms with Gasteiger partial charge in [0.05, 0.1) is 5.41 Å². The maximum atomic E-state index is 13.4. The fraction of sp³-hybridized carbons (Fsp3) is 0.467. The molecule has 0 unspecified atom stereocenters. The Morgan fingerprint density at radius 2 is 2.10 bits per heavy atom. The van der Waals surface area contributed by atoms with Crippen LogP contribution < -0.4 is 5.73 Å². The number of rotatable bonds is 3. The SMILES string of the molecule is Cc1ccc(F)cc1-c1noc(C2(CN)CCOCC2)n1. The van der Waals surface area contributed by atoms with E-state index in [4.69, 9.17) is 15.0 Å².